The van der Waals surface area contributed by atoms with Gasteiger partial charge in [0.15, 0.2) is 11.2 Å². The Bertz CT molecular complexity index is 874. The molecule has 0 aromatic heterocycles. The topological polar surface area (TPSA) is 93.2 Å². The fraction of sp³-hybridized carbons (Fsp3) is 0.833. The van der Waals surface area contributed by atoms with Crippen molar-refractivity contribution in [3.05, 3.63) is 0 Å². The molecule has 5 rings (SSSR count). The van der Waals surface area contributed by atoms with Crippen LogP contribution in [0.1, 0.15) is 67.2 Å². The smallest absolute Gasteiger partial charge is 0.313 e. The maximum atomic E-state index is 13.6. The van der Waals surface area contributed by atoms with Crippen LogP contribution in [0.3, 0.4) is 0 Å². The van der Waals surface area contributed by atoms with Gasteiger partial charge in [-0.1, -0.05) is 27.7 Å². The summed E-state index contributed by atoms with van der Waals surface area (Å²) < 4.78 is 11.5. The molecule has 4 bridgehead atoms. The number of hydrogen-bond acceptors (Lipinski definition) is 6. The Labute approximate surface area is 188 Å². The first-order chi connectivity index (χ1) is 14.7. The number of rotatable bonds is 2. The summed E-state index contributed by atoms with van der Waals surface area (Å²) in [5, 5.41) is 0. The van der Waals surface area contributed by atoms with Crippen LogP contribution in [-0.4, -0.2) is 70.9 Å². The van der Waals surface area contributed by atoms with E-state index in [1.807, 2.05) is 41.5 Å². The Morgan fingerprint density at radius 2 is 0.938 bits per heavy atom. The van der Waals surface area contributed by atoms with Crippen LogP contribution < -0.4 is 0 Å². The van der Waals surface area contributed by atoms with Crippen LogP contribution in [0.15, 0.2) is 0 Å². The van der Waals surface area contributed by atoms with Crippen LogP contribution in [0, 0.1) is 21.7 Å². The van der Waals surface area contributed by atoms with Crippen molar-refractivity contribution < 1.29 is 28.7 Å². The second-order valence-corrected chi connectivity index (χ2v) is 11.9. The van der Waals surface area contributed by atoms with Crippen molar-refractivity contribution in [3.63, 3.8) is 0 Å². The van der Waals surface area contributed by atoms with E-state index in [1.54, 1.807) is 9.80 Å². The lowest BCUT2D eigenvalue weighted by molar-refractivity contribution is -0.179. The molecular formula is C24H34N2O6. The molecule has 5 aliphatic rings. The van der Waals surface area contributed by atoms with Crippen molar-refractivity contribution in [2.24, 2.45) is 21.7 Å². The minimum absolute atomic E-state index is 0.150. The highest BCUT2D eigenvalue weighted by Crippen LogP contribution is 2.67. The molecule has 3 aliphatic heterocycles. The second-order valence-electron chi connectivity index (χ2n) is 11.9. The minimum atomic E-state index is -1.13. The first kappa shape index (κ1) is 21.7. The van der Waals surface area contributed by atoms with Crippen molar-refractivity contribution in [3.8, 4) is 0 Å². The largest absolute Gasteiger partial charge is 0.448 e. The monoisotopic (exact) mass is 446 g/mol. The number of nitrogens with zero attached hydrogens (tertiary/aromatic N) is 2. The molecule has 0 N–H and O–H groups in total. The third-order valence-electron chi connectivity index (χ3n) is 10.7. The zero-order valence-electron chi connectivity index (χ0n) is 20.0. The maximum absolute atomic E-state index is 13.6. The normalized spacial score (nSPS) is 43.4. The van der Waals surface area contributed by atoms with Crippen LogP contribution in [0.2, 0.25) is 0 Å². The summed E-state index contributed by atoms with van der Waals surface area (Å²) in [4.78, 5) is 55.8. The zero-order chi connectivity index (χ0) is 23.5. The Morgan fingerprint density at radius 3 is 1.16 bits per heavy atom. The number of hydrogen-bond donors (Lipinski definition) is 0. The van der Waals surface area contributed by atoms with E-state index in [1.165, 1.54) is 0 Å². The quantitative estimate of drug-likeness (QED) is 0.602. The van der Waals surface area contributed by atoms with Gasteiger partial charge in [-0.3, -0.25) is 19.2 Å². The van der Waals surface area contributed by atoms with Crippen molar-refractivity contribution in [2.45, 2.75) is 78.4 Å². The van der Waals surface area contributed by atoms with Crippen LogP contribution in [-0.2, 0) is 28.7 Å². The second kappa shape index (κ2) is 5.86. The predicted octanol–water partition coefficient (Wildman–Crippen LogP) is 1.90. The molecule has 0 spiro atoms. The molecule has 0 unspecified atom stereocenters. The minimum Gasteiger partial charge on any atom is -0.448 e. The fourth-order valence-electron chi connectivity index (χ4n) is 7.07. The lowest BCUT2D eigenvalue weighted by Gasteiger charge is -2.44. The highest BCUT2D eigenvalue weighted by Gasteiger charge is 2.77. The molecule has 8 nitrogen and oxygen atoms in total. The Morgan fingerprint density at radius 1 is 0.625 bits per heavy atom. The Kier molecular flexibility index (Phi) is 3.98. The standard InChI is InChI=1S/C24H34N2O6/c1-19(2)21(5)7-9-23(19,31-17(21)29)15(27)25-11-13-26(14-12-25)16(28)24-10-8-22(6,18(30)32-24)20(24,3)4/h7-14H2,1-6H3/t21-,22+,23-,24+. The van der Waals surface area contributed by atoms with Gasteiger partial charge in [-0.05, 0) is 39.5 Å². The molecule has 8 heteroatoms. The molecule has 176 valence electrons. The molecule has 4 atom stereocenters. The number of fused-ring (bicyclic) bond motifs is 4. The van der Waals surface area contributed by atoms with E-state index in [4.69, 9.17) is 9.47 Å². The summed E-state index contributed by atoms with van der Waals surface area (Å²) in [6.07, 6.45) is 2.35. The molecule has 3 saturated heterocycles. The first-order valence-corrected chi connectivity index (χ1v) is 11.8. The van der Waals surface area contributed by atoms with E-state index in [-0.39, 0.29) is 23.8 Å². The van der Waals surface area contributed by atoms with Gasteiger partial charge >= 0.3 is 11.9 Å². The SMILES string of the molecule is CC1(C)[C@@]2(C)CC[C@@]1(C(=O)N1CCN(C(=O)[C@@]34CC[C@](C)(C(=O)O3)C4(C)C)CC1)OC2=O. The average molecular weight is 447 g/mol. The Hall–Kier alpha value is -2.12. The number of piperazine rings is 1. The molecule has 0 aromatic rings. The van der Waals surface area contributed by atoms with Crippen molar-refractivity contribution in [1.82, 2.24) is 9.80 Å². The van der Waals surface area contributed by atoms with E-state index in [0.29, 0.717) is 51.9 Å². The molecule has 32 heavy (non-hydrogen) atoms. The molecule has 5 fully saturated rings. The van der Waals surface area contributed by atoms with Gasteiger partial charge in [0.2, 0.25) is 0 Å². The lowest BCUT2D eigenvalue weighted by atomic mass is 9.66. The summed E-state index contributed by atoms with van der Waals surface area (Å²) in [7, 11) is 0. The number of carbonyl (C=O) groups is 4. The van der Waals surface area contributed by atoms with E-state index >= 15 is 0 Å². The van der Waals surface area contributed by atoms with Crippen LogP contribution >= 0.6 is 0 Å². The third-order valence-corrected chi connectivity index (χ3v) is 10.7. The molecule has 3 heterocycles. The van der Waals surface area contributed by atoms with Gasteiger partial charge in [0.1, 0.15) is 0 Å². The predicted molar refractivity (Wildman–Crippen MR) is 113 cm³/mol. The van der Waals surface area contributed by atoms with Gasteiger partial charge in [-0.2, -0.15) is 0 Å². The van der Waals surface area contributed by atoms with Crippen molar-refractivity contribution in [1.29, 1.82) is 0 Å². The summed E-state index contributed by atoms with van der Waals surface area (Å²) in [5.74, 6) is -0.874. The van der Waals surface area contributed by atoms with Crippen molar-refractivity contribution >= 4 is 23.8 Å². The van der Waals surface area contributed by atoms with Crippen molar-refractivity contribution in [2.75, 3.05) is 26.2 Å². The fourth-order valence-corrected chi connectivity index (χ4v) is 7.07. The number of carbonyl (C=O) groups excluding carboxylic acids is 4. The molecule has 2 saturated carbocycles. The maximum Gasteiger partial charge on any atom is 0.313 e. The molecule has 0 radical (unpaired) electrons. The highest BCUT2D eigenvalue weighted by atomic mass is 16.6. The van der Waals surface area contributed by atoms with Crippen LogP contribution in [0.5, 0.6) is 0 Å². The van der Waals surface area contributed by atoms with Gasteiger partial charge < -0.3 is 19.3 Å². The first-order valence-electron chi connectivity index (χ1n) is 11.8. The van der Waals surface area contributed by atoms with Gasteiger partial charge in [0.05, 0.1) is 10.8 Å². The Balaban J connectivity index is 1.32. The summed E-state index contributed by atoms with van der Waals surface area (Å²) >= 11 is 0. The third kappa shape index (κ3) is 2.02. The summed E-state index contributed by atoms with van der Waals surface area (Å²) in [6.45, 7) is 13.1. The van der Waals surface area contributed by atoms with Gasteiger partial charge in [0.25, 0.3) is 11.8 Å². The van der Waals surface area contributed by atoms with Gasteiger partial charge in [-0.15, -0.1) is 0 Å². The van der Waals surface area contributed by atoms with Gasteiger partial charge in [0, 0.05) is 37.0 Å². The molecule has 0 aromatic carbocycles. The number of amides is 2. The van der Waals surface area contributed by atoms with E-state index < -0.39 is 32.9 Å². The van der Waals surface area contributed by atoms with E-state index in [2.05, 4.69) is 0 Å². The molecule has 2 amide bonds. The summed E-state index contributed by atoms with van der Waals surface area (Å²) in [5.41, 5.74) is -4.72. The number of ether oxygens (including phenoxy) is 2. The van der Waals surface area contributed by atoms with E-state index in [0.717, 1.165) is 0 Å². The zero-order valence-corrected chi connectivity index (χ0v) is 20.0. The highest BCUT2D eigenvalue weighted by molar-refractivity contribution is 5.97. The van der Waals surface area contributed by atoms with E-state index in [9.17, 15) is 19.2 Å². The number of esters is 2. The van der Waals surface area contributed by atoms with Gasteiger partial charge in [-0.25, -0.2) is 0 Å². The average Bonchev–Trinajstić information content (AvgIpc) is 3.21. The molecule has 2 aliphatic carbocycles. The van der Waals surface area contributed by atoms with Crippen LogP contribution in [0.25, 0.3) is 0 Å². The molecular weight excluding hydrogens is 412 g/mol. The summed E-state index contributed by atoms with van der Waals surface area (Å²) in [6, 6.07) is 0. The lowest BCUT2D eigenvalue weighted by Crippen LogP contribution is -2.62. The van der Waals surface area contributed by atoms with Crippen LogP contribution in [0.4, 0.5) is 0 Å².